The van der Waals surface area contributed by atoms with Crippen LogP contribution in [0.2, 0.25) is 0 Å². The zero-order valence-corrected chi connectivity index (χ0v) is 12.3. The third-order valence-electron chi connectivity index (χ3n) is 3.47. The van der Waals surface area contributed by atoms with E-state index in [-0.39, 0.29) is 0 Å². The van der Waals surface area contributed by atoms with Crippen molar-refractivity contribution in [3.05, 3.63) is 41.5 Å². The first-order valence-corrected chi connectivity index (χ1v) is 7.60. The van der Waals surface area contributed by atoms with Gasteiger partial charge in [-0.1, -0.05) is 30.3 Å². The maximum atomic E-state index is 5.83. The lowest BCUT2D eigenvalue weighted by molar-refractivity contribution is 0.240. The van der Waals surface area contributed by atoms with Gasteiger partial charge in [0.25, 0.3) is 5.89 Å². The number of aromatic nitrogens is 2. The van der Waals surface area contributed by atoms with E-state index in [1.54, 1.807) is 0 Å². The molecular weight excluding hydrogens is 266 g/mol. The summed E-state index contributed by atoms with van der Waals surface area (Å²) < 4.78 is 11.0. The number of nitrogens with zero attached hydrogens (tertiary/aromatic N) is 2. The molecule has 0 bridgehead atoms. The number of nitrogens with one attached hydrogen (secondary N) is 1. The molecule has 1 heterocycles. The second kappa shape index (κ2) is 6.72. The second-order valence-electron chi connectivity index (χ2n) is 5.41. The van der Waals surface area contributed by atoms with Crippen molar-refractivity contribution in [2.75, 3.05) is 0 Å². The Bertz CT molecular complexity index is 578. The first-order valence-electron chi connectivity index (χ1n) is 7.60. The summed E-state index contributed by atoms with van der Waals surface area (Å²) >= 11 is 0. The first kappa shape index (κ1) is 14.1. The van der Waals surface area contributed by atoms with Gasteiger partial charge >= 0.3 is 0 Å². The van der Waals surface area contributed by atoms with Gasteiger partial charge in [-0.15, -0.1) is 0 Å². The highest BCUT2D eigenvalue weighted by Gasteiger charge is 2.20. The van der Waals surface area contributed by atoms with Crippen molar-refractivity contribution in [2.45, 2.75) is 51.8 Å². The van der Waals surface area contributed by atoms with E-state index in [0.29, 0.717) is 18.5 Å². The number of rotatable bonds is 8. The van der Waals surface area contributed by atoms with Crippen LogP contribution >= 0.6 is 0 Å². The molecule has 0 unspecified atom stereocenters. The fraction of sp³-hybridized carbons (Fsp3) is 0.500. The average molecular weight is 287 g/mol. The van der Waals surface area contributed by atoms with Crippen LogP contribution in [0.3, 0.4) is 0 Å². The van der Waals surface area contributed by atoms with Gasteiger partial charge in [0, 0.05) is 24.6 Å². The number of ether oxygens (including phenoxy) is 1. The minimum atomic E-state index is 0.317. The standard InChI is InChI=1S/C16H21N3O2/c1-2-5-15-18-16(21-19-15)11-20-14-7-4-3-6-12(14)10-17-13-8-9-13/h3-4,6-7,13,17H,2,5,8-11H2,1H3. The van der Waals surface area contributed by atoms with Crippen molar-refractivity contribution in [2.24, 2.45) is 0 Å². The van der Waals surface area contributed by atoms with Gasteiger partial charge in [0.15, 0.2) is 12.4 Å². The highest BCUT2D eigenvalue weighted by atomic mass is 16.5. The largest absolute Gasteiger partial charge is 0.483 e. The van der Waals surface area contributed by atoms with Gasteiger partial charge in [-0.25, -0.2) is 0 Å². The maximum Gasteiger partial charge on any atom is 0.264 e. The number of benzene rings is 1. The molecule has 112 valence electrons. The van der Waals surface area contributed by atoms with E-state index in [1.165, 1.54) is 12.8 Å². The van der Waals surface area contributed by atoms with E-state index in [0.717, 1.165) is 36.5 Å². The molecule has 0 saturated heterocycles. The summed E-state index contributed by atoms with van der Waals surface area (Å²) in [5.41, 5.74) is 1.16. The van der Waals surface area contributed by atoms with Crippen LogP contribution in [0.5, 0.6) is 5.75 Å². The Morgan fingerprint density at radius 1 is 1.33 bits per heavy atom. The lowest BCUT2D eigenvalue weighted by Gasteiger charge is -2.10. The highest BCUT2D eigenvalue weighted by Crippen LogP contribution is 2.23. The summed E-state index contributed by atoms with van der Waals surface area (Å²) in [4.78, 5) is 4.31. The van der Waals surface area contributed by atoms with Gasteiger partial charge in [0.1, 0.15) is 5.75 Å². The first-order chi connectivity index (χ1) is 10.3. The van der Waals surface area contributed by atoms with Gasteiger partial charge in [-0.05, 0) is 25.3 Å². The molecule has 0 spiro atoms. The summed E-state index contributed by atoms with van der Waals surface area (Å²) in [6.07, 6.45) is 4.41. The predicted molar refractivity (Wildman–Crippen MR) is 78.9 cm³/mol. The molecule has 0 radical (unpaired) electrons. The molecule has 1 aromatic heterocycles. The van der Waals surface area contributed by atoms with Crippen LogP contribution in [0.1, 0.15) is 43.5 Å². The number of hydrogen-bond donors (Lipinski definition) is 1. The van der Waals surface area contributed by atoms with Crippen molar-refractivity contribution in [3.8, 4) is 5.75 Å². The SMILES string of the molecule is CCCc1noc(COc2ccccc2CNC2CC2)n1. The normalized spacial score (nSPS) is 14.3. The Hall–Kier alpha value is -1.88. The molecule has 3 rings (SSSR count). The average Bonchev–Trinajstić information content (AvgIpc) is 3.23. The summed E-state index contributed by atoms with van der Waals surface area (Å²) in [6, 6.07) is 8.76. The van der Waals surface area contributed by atoms with Crippen molar-refractivity contribution in [1.29, 1.82) is 0 Å². The van der Waals surface area contributed by atoms with Crippen molar-refractivity contribution < 1.29 is 9.26 Å². The van der Waals surface area contributed by atoms with Crippen LogP contribution in [0.4, 0.5) is 0 Å². The minimum absolute atomic E-state index is 0.317. The second-order valence-corrected chi connectivity index (χ2v) is 5.41. The molecule has 1 N–H and O–H groups in total. The van der Waals surface area contributed by atoms with Crippen molar-refractivity contribution >= 4 is 0 Å². The van der Waals surface area contributed by atoms with E-state index < -0.39 is 0 Å². The topological polar surface area (TPSA) is 60.2 Å². The smallest absolute Gasteiger partial charge is 0.264 e. The Labute approximate surface area is 124 Å². The molecule has 21 heavy (non-hydrogen) atoms. The zero-order valence-electron chi connectivity index (χ0n) is 12.3. The van der Waals surface area contributed by atoms with E-state index in [4.69, 9.17) is 9.26 Å². The van der Waals surface area contributed by atoms with Crippen LogP contribution in [0.15, 0.2) is 28.8 Å². The molecule has 1 aliphatic rings. The lowest BCUT2D eigenvalue weighted by Crippen LogP contribution is -2.16. The van der Waals surface area contributed by atoms with E-state index in [1.807, 2.05) is 18.2 Å². The van der Waals surface area contributed by atoms with Crippen molar-refractivity contribution in [3.63, 3.8) is 0 Å². The molecule has 0 atom stereocenters. The number of para-hydroxylation sites is 1. The zero-order chi connectivity index (χ0) is 14.5. The Kier molecular flexibility index (Phi) is 4.50. The summed E-state index contributed by atoms with van der Waals surface area (Å²) in [7, 11) is 0. The molecule has 1 aromatic carbocycles. The molecule has 0 amide bonds. The molecule has 0 aliphatic heterocycles. The van der Waals surface area contributed by atoms with E-state index >= 15 is 0 Å². The molecule has 1 fully saturated rings. The number of hydrogen-bond acceptors (Lipinski definition) is 5. The molecular formula is C16H21N3O2. The quantitative estimate of drug-likeness (QED) is 0.809. The fourth-order valence-corrected chi connectivity index (χ4v) is 2.15. The third kappa shape index (κ3) is 4.04. The van der Waals surface area contributed by atoms with Crippen molar-refractivity contribution in [1.82, 2.24) is 15.5 Å². The van der Waals surface area contributed by atoms with Crippen LogP contribution in [-0.2, 0) is 19.6 Å². The molecule has 2 aromatic rings. The number of aryl methyl sites for hydroxylation is 1. The summed E-state index contributed by atoms with van der Waals surface area (Å²) in [6.45, 7) is 3.25. The Morgan fingerprint density at radius 2 is 2.19 bits per heavy atom. The molecule has 5 heteroatoms. The summed E-state index contributed by atoms with van der Waals surface area (Å²) in [5.74, 6) is 2.16. The third-order valence-corrected chi connectivity index (χ3v) is 3.47. The Balaban J connectivity index is 1.58. The highest BCUT2D eigenvalue weighted by molar-refractivity contribution is 5.33. The van der Waals surface area contributed by atoms with Crippen LogP contribution in [0.25, 0.3) is 0 Å². The van der Waals surface area contributed by atoms with Gasteiger partial charge in [0.05, 0.1) is 0 Å². The molecule has 1 saturated carbocycles. The van der Waals surface area contributed by atoms with E-state index in [9.17, 15) is 0 Å². The van der Waals surface area contributed by atoms with Crippen LogP contribution < -0.4 is 10.1 Å². The maximum absolute atomic E-state index is 5.83. The summed E-state index contributed by atoms with van der Waals surface area (Å²) in [5, 5.41) is 7.43. The van der Waals surface area contributed by atoms with E-state index in [2.05, 4.69) is 28.4 Å². The Morgan fingerprint density at radius 3 is 3.00 bits per heavy atom. The van der Waals surface area contributed by atoms with Crippen LogP contribution in [0, 0.1) is 0 Å². The predicted octanol–water partition coefficient (Wildman–Crippen LogP) is 2.85. The fourth-order valence-electron chi connectivity index (χ4n) is 2.15. The molecule has 5 nitrogen and oxygen atoms in total. The lowest BCUT2D eigenvalue weighted by atomic mass is 10.2. The van der Waals surface area contributed by atoms with Gasteiger partial charge in [-0.2, -0.15) is 4.98 Å². The molecule has 1 aliphatic carbocycles. The monoisotopic (exact) mass is 287 g/mol. The minimum Gasteiger partial charge on any atom is -0.483 e. The van der Waals surface area contributed by atoms with Crippen LogP contribution in [-0.4, -0.2) is 16.2 Å². The van der Waals surface area contributed by atoms with Gasteiger partial charge < -0.3 is 14.6 Å². The van der Waals surface area contributed by atoms with Gasteiger partial charge in [-0.3, -0.25) is 0 Å². The van der Waals surface area contributed by atoms with Gasteiger partial charge in [0.2, 0.25) is 0 Å².